The average Bonchev–Trinajstić information content (AvgIpc) is 2.81. The summed E-state index contributed by atoms with van der Waals surface area (Å²) < 4.78 is 21.8. The Bertz CT molecular complexity index is 622. The lowest BCUT2D eigenvalue weighted by atomic mass is 10.0. The molecular weight excluding hydrogens is 454 g/mol. The van der Waals surface area contributed by atoms with Crippen molar-refractivity contribution in [3.8, 4) is 0 Å². The number of nitrogens with two attached hydrogens (primary N) is 1. The van der Waals surface area contributed by atoms with E-state index < -0.39 is 0 Å². The first kappa shape index (κ1) is 16.8. The molecule has 0 radical (unpaired) electrons. The van der Waals surface area contributed by atoms with Crippen LogP contribution in [0.15, 0.2) is 28.9 Å². The Kier molecular flexibility index (Phi) is 6.11. The molecule has 2 rings (SSSR count). The third-order valence-corrected chi connectivity index (χ3v) is 4.60. The Morgan fingerprint density at radius 2 is 2.33 bits per heavy atom. The fourth-order valence-electron chi connectivity index (χ4n) is 2.07. The molecule has 0 saturated carbocycles. The van der Waals surface area contributed by atoms with Gasteiger partial charge in [0.2, 0.25) is 0 Å². The highest BCUT2D eigenvalue weighted by Gasteiger charge is 2.23. The van der Waals surface area contributed by atoms with Crippen molar-refractivity contribution in [3.63, 3.8) is 0 Å². The Labute approximate surface area is 144 Å². The first-order chi connectivity index (χ1) is 10.1. The van der Waals surface area contributed by atoms with Crippen LogP contribution in [0.25, 0.3) is 0 Å². The minimum atomic E-state index is -0.300. The highest BCUT2D eigenvalue weighted by Crippen LogP contribution is 2.31. The molecule has 5 nitrogen and oxygen atoms in total. The van der Waals surface area contributed by atoms with Crippen LogP contribution in [0.5, 0.6) is 0 Å². The lowest BCUT2D eigenvalue weighted by Gasteiger charge is -2.20. The number of hydrogen-bond donors (Lipinski definition) is 2. The van der Waals surface area contributed by atoms with Crippen molar-refractivity contribution < 1.29 is 9.13 Å². The van der Waals surface area contributed by atoms with Crippen molar-refractivity contribution in [2.75, 3.05) is 13.7 Å². The maximum Gasteiger partial charge on any atom is 0.124 e. The Morgan fingerprint density at radius 1 is 1.57 bits per heavy atom. The van der Waals surface area contributed by atoms with Gasteiger partial charge in [-0.15, -0.1) is 0 Å². The number of rotatable bonds is 6. The molecule has 0 spiro atoms. The van der Waals surface area contributed by atoms with Crippen LogP contribution in [0.2, 0.25) is 0 Å². The molecule has 0 bridgehead atoms. The first-order valence-electron chi connectivity index (χ1n) is 6.19. The largest absolute Gasteiger partial charge is 0.383 e. The minimum Gasteiger partial charge on any atom is -0.383 e. The summed E-state index contributed by atoms with van der Waals surface area (Å²) >= 11 is 5.59. The lowest BCUT2D eigenvalue weighted by Crippen LogP contribution is -2.32. The second-order valence-electron chi connectivity index (χ2n) is 4.36. The van der Waals surface area contributed by atoms with Crippen molar-refractivity contribution in [1.29, 1.82) is 0 Å². The maximum absolute atomic E-state index is 13.3. The van der Waals surface area contributed by atoms with Gasteiger partial charge in [-0.1, -0.05) is 6.07 Å². The molecule has 0 fully saturated rings. The van der Waals surface area contributed by atoms with Crippen molar-refractivity contribution in [2.24, 2.45) is 5.84 Å². The number of ether oxygens (including phenoxy) is 1. The van der Waals surface area contributed by atoms with Crippen LogP contribution < -0.4 is 11.3 Å². The molecule has 1 aromatic heterocycles. The van der Waals surface area contributed by atoms with Crippen LogP contribution in [-0.2, 0) is 11.3 Å². The minimum absolute atomic E-state index is 0.272. The van der Waals surface area contributed by atoms with Crippen LogP contribution in [0.3, 0.4) is 0 Å². The van der Waals surface area contributed by atoms with Gasteiger partial charge in [-0.25, -0.2) is 9.82 Å². The van der Waals surface area contributed by atoms with Crippen molar-refractivity contribution in [3.05, 3.63) is 49.5 Å². The van der Waals surface area contributed by atoms with Gasteiger partial charge in [0.15, 0.2) is 0 Å². The van der Waals surface area contributed by atoms with Gasteiger partial charge in [0.25, 0.3) is 0 Å². The number of methoxy groups -OCH3 is 1. The molecular formula is C13H15BrFIN4O. The highest BCUT2D eigenvalue weighted by molar-refractivity contribution is 14.1. The molecule has 3 N–H and O–H groups in total. The van der Waals surface area contributed by atoms with Crippen LogP contribution in [0.4, 0.5) is 4.39 Å². The van der Waals surface area contributed by atoms with Crippen molar-refractivity contribution in [1.82, 2.24) is 15.2 Å². The van der Waals surface area contributed by atoms with Gasteiger partial charge in [-0.3, -0.25) is 10.5 Å². The van der Waals surface area contributed by atoms with Gasteiger partial charge in [0.05, 0.1) is 35.6 Å². The van der Waals surface area contributed by atoms with Gasteiger partial charge in [-0.2, -0.15) is 5.10 Å². The van der Waals surface area contributed by atoms with E-state index in [9.17, 15) is 4.39 Å². The summed E-state index contributed by atoms with van der Waals surface area (Å²) in [6.07, 6.45) is 1.71. The molecule has 0 aliphatic carbocycles. The monoisotopic (exact) mass is 468 g/mol. The number of hydrazine groups is 1. The standard InChI is InChI=1S/C13H15BrFIN4O/c1-21-5-4-20-13(10(14)7-18-20)12(19-17)9-3-2-8(15)6-11(9)16/h2-3,6-7,12,19H,4-5,17H2,1H3. The predicted molar refractivity (Wildman–Crippen MR) is 90.1 cm³/mol. The fourth-order valence-corrected chi connectivity index (χ4v) is 3.38. The number of nitrogens with zero attached hydrogens (tertiary/aromatic N) is 2. The summed E-state index contributed by atoms with van der Waals surface area (Å²) in [5, 5.41) is 4.31. The van der Waals surface area contributed by atoms with Crippen LogP contribution in [0.1, 0.15) is 17.3 Å². The number of aromatic nitrogens is 2. The molecule has 1 heterocycles. The molecule has 1 unspecified atom stereocenters. The van der Waals surface area contributed by atoms with Crippen molar-refractivity contribution in [2.45, 2.75) is 12.6 Å². The SMILES string of the molecule is COCCn1ncc(Br)c1C(NN)c1ccc(F)cc1I. The third kappa shape index (κ3) is 3.81. The number of hydrogen-bond acceptors (Lipinski definition) is 4. The summed E-state index contributed by atoms with van der Waals surface area (Å²) in [6, 6.07) is 4.32. The summed E-state index contributed by atoms with van der Waals surface area (Å²) in [4.78, 5) is 0. The summed E-state index contributed by atoms with van der Waals surface area (Å²) in [6.45, 7) is 1.15. The highest BCUT2D eigenvalue weighted by atomic mass is 127. The second-order valence-corrected chi connectivity index (χ2v) is 6.38. The molecule has 0 aliphatic heterocycles. The van der Waals surface area contributed by atoms with E-state index in [0.29, 0.717) is 13.2 Å². The van der Waals surface area contributed by atoms with Crippen LogP contribution in [0, 0.1) is 9.39 Å². The van der Waals surface area contributed by atoms with Gasteiger partial charge >= 0.3 is 0 Å². The topological polar surface area (TPSA) is 65.1 Å². The number of benzene rings is 1. The zero-order valence-corrected chi connectivity index (χ0v) is 15.1. The van der Waals surface area contributed by atoms with E-state index in [-0.39, 0.29) is 11.9 Å². The summed E-state index contributed by atoms with van der Waals surface area (Å²) in [5.41, 5.74) is 4.54. The predicted octanol–water partition coefficient (Wildman–Crippen LogP) is 2.59. The molecule has 1 aromatic carbocycles. The molecule has 0 aliphatic rings. The summed E-state index contributed by atoms with van der Waals surface area (Å²) in [7, 11) is 1.64. The van der Waals surface area contributed by atoms with E-state index in [1.54, 1.807) is 19.4 Å². The van der Waals surface area contributed by atoms with Gasteiger partial charge in [0, 0.05) is 10.7 Å². The smallest absolute Gasteiger partial charge is 0.124 e. The Hall–Kier alpha value is -0.550. The quantitative estimate of drug-likeness (QED) is 0.388. The first-order valence-corrected chi connectivity index (χ1v) is 8.07. The van der Waals surface area contributed by atoms with Gasteiger partial charge in [0.1, 0.15) is 5.82 Å². The van der Waals surface area contributed by atoms with Crippen LogP contribution >= 0.6 is 38.5 Å². The van der Waals surface area contributed by atoms with Gasteiger partial charge < -0.3 is 4.74 Å². The van der Waals surface area contributed by atoms with E-state index in [2.05, 4.69) is 49.0 Å². The molecule has 0 saturated heterocycles. The van der Waals surface area contributed by atoms with E-state index in [0.717, 1.165) is 19.3 Å². The van der Waals surface area contributed by atoms with E-state index in [1.807, 2.05) is 4.68 Å². The van der Waals surface area contributed by atoms with E-state index in [1.165, 1.54) is 12.1 Å². The normalized spacial score (nSPS) is 12.6. The molecule has 0 amide bonds. The van der Waals surface area contributed by atoms with E-state index >= 15 is 0 Å². The molecule has 114 valence electrons. The number of halogens is 3. The van der Waals surface area contributed by atoms with Gasteiger partial charge in [-0.05, 0) is 56.2 Å². The molecule has 1 atom stereocenters. The average molecular weight is 469 g/mol. The molecule has 21 heavy (non-hydrogen) atoms. The van der Waals surface area contributed by atoms with Crippen LogP contribution in [-0.4, -0.2) is 23.5 Å². The molecule has 2 aromatic rings. The lowest BCUT2D eigenvalue weighted by molar-refractivity contribution is 0.182. The van der Waals surface area contributed by atoms with E-state index in [4.69, 9.17) is 10.6 Å². The summed E-state index contributed by atoms with van der Waals surface area (Å²) in [5.74, 6) is 5.46. The zero-order valence-electron chi connectivity index (χ0n) is 11.3. The second kappa shape index (κ2) is 7.63. The number of nitrogens with one attached hydrogen (secondary N) is 1. The zero-order chi connectivity index (χ0) is 15.4. The Morgan fingerprint density at radius 3 is 2.95 bits per heavy atom. The molecule has 8 heteroatoms. The third-order valence-electron chi connectivity index (χ3n) is 3.05. The van der Waals surface area contributed by atoms with Crippen molar-refractivity contribution >= 4 is 38.5 Å². The maximum atomic E-state index is 13.3. The fraction of sp³-hybridized carbons (Fsp3) is 0.308. The Balaban J connectivity index is 2.43.